The van der Waals surface area contributed by atoms with E-state index in [0.717, 1.165) is 0 Å². The molecule has 0 spiro atoms. The van der Waals surface area contributed by atoms with E-state index in [1.165, 1.54) is 0 Å². The van der Waals surface area contributed by atoms with Crippen molar-refractivity contribution in [2.24, 2.45) is 0 Å². The highest BCUT2D eigenvalue weighted by atomic mass is 16.6. The fourth-order valence-electron chi connectivity index (χ4n) is 1.38. The van der Waals surface area contributed by atoms with E-state index in [2.05, 4.69) is 42.6 Å². The standard InChI is InChI=1S/C16H18O12/c1-23-9-15(21)27-7-11(17)5-13(19)25-3-4-26-14(20)6-12(18)8-28-16(22)10-24-2/h1-2H,3-10H2. The summed E-state index contributed by atoms with van der Waals surface area (Å²) in [5.41, 5.74) is 0. The van der Waals surface area contributed by atoms with Crippen LogP contribution in [0.5, 0.6) is 0 Å². The summed E-state index contributed by atoms with van der Waals surface area (Å²) in [4.78, 5) is 67.2. The van der Waals surface area contributed by atoms with E-state index in [1.54, 1.807) is 0 Å². The number of carbonyl (C=O) groups is 6. The smallest absolute Gasteiger partial charge is 0.332 e. The highest BCUT2D eigenvalue weighted by molar-refractivity contribution is 5.97. The Morgan fingerprint density at radius 3 is 1.18 bits per heavy atom. The van der Waals surface area contributed by atoms with Crippen molar-refractivity contribution in [2.75, 3.05) is 39.6 Å². The Labute approximate surface area is 160 Å². The van der Waals surface area contributed by atoms with Crippen molar-refractivity contribution in [1.82, 2.24) is 0 Å². The number of rotatable bonds is 15. The molecular weight excluding hydrogens is 384 g/mol. The maximum absolute atomic E-state index is 11.4. The third-order valence-corrected chi connectivity index (χ3v) is 2.48. The summed E-state index contributed by atoms with van der Waals surface area (Å²) < 4.78 is 26.1. The Morgan fingerprint density at radius 2 is 0.857 bits per heavy atom. The fourth-order valence-corrected chi connectivity index (χ4v) is 1.38. The van der Waals surface area contributed by atoms with Gasteiger partial charge < -0.3 is 28.4 Å². The minimum Gasteiger partial charge on any atom is -0.462 e. The summed E-state index contributed by atoms with van der Waals surface area (Å²) in [6.07, 6.45) is -1.33. The summed E-state index contributed by atoms with van der Waals surface area (Å²) >= 11 is 0. The Bertz CT molecular complexity index is 518. The summed E-state index contributed by atoms with van der Waals surface area (Å²) in [5.74, 6) is -5.09. The molecular formula is C16H18O12. The van der Waals surface area contributed by atoms with E-state index in [1.807, 2.05) is 0 Å². The van der Waals surface area contributed by atoms with Crippen LogP contribution in [0.15, 0.2) is 0 Å². The summed E-state index contributed by atoms with van der Waals surface area (Å²) in [6, 6.07) is 0. The zero-order valence-corrected chi connectivity index (χ0v) is 14.7. The molecule has 0 aromatic heterocycles. The number of hydrogen-bond donors (Lipinski definition) is 0. The van der Waals surface area contributed by atoms with Crippen LogP contribution in [-0.2, 0) is 57.2 Å². The van der Waals surface area contributed by atoms with Gasteiger partial charge in [0.1, 0.15) is 53.5 Å². The lowest BCUT2D eigenvalue weighted by molar-refractivity contribution is -0.157. The highest BCUT2D eigenvalue weighted by Gasteiger charge is 2.15. The van der Waals surface area contributed by atoms with Crippen LogP contribution in [0.2, 0.25) is 0 Å². The second kappa shape index (κ2) is 15.2. The average Bonchev–Trinajstić information content (AvgIpc) is 2.62. The Morgan fingerprint density at radius 1 is 0.500 bits per heavy atom. The molecule has 0 fully saturated rings. The lowest BCUT2D eigenvalue weighted by atomic mass is 10.3. The largest absolute Gasteiger partial charge is 0.462 e. The Kier molecular flexibility index (Phi) is 13.7. The minimum atomic E-state index is -0.933. The van der Waals surface area contributed by atoms with E-state index < -0.39 is 74.7 Å². The van der Waals surface area contributed by atoms with Crippen molar-refractivity contribution < 1.29 is 57.2 Å². The summed E-state index contributed by atoms with van der Waals surface area (Å²) in [5, 5.41) is 0. The van der Waals surface area contributed by atoms with Crippen LogP contribution < -0.4 is 0 Å². The Balaban J connectivity index is 3.81. The van der Waals surface area contributed by atoms with E-state index in [9.17, 15) is 28.8 Å². The van der Waals surface area contributed by atoms with Crippen LogP contribution in [0.4, 0.5) is 0 Å². The van der Waals surface area contributed by atoms with Gasteiger partial charge in [-0.3, -0.25) is 19.2 Å². The van der Waals surface area contributed by atoms with Crippen molar-refractivity contribution >= 4 is 35.4 Å². The van der Waals surface area contributed by atoms with Crippen molar-refractivity contribution in [2.45, 2.75) is 12.8 Å². The summed E-state index contributed by atoms with van der Waals surface area (Å²) in [6.45, 7) is -3.13. The molecule has 0 heterocycles. The van der Waals surface area contributed by atoms with Gasteiger partial charge in [0.25, 0.3) is 0 Å². The van der Waals surface area contributed by atoms with Gasteiger partial charge in [0, 0.05) is 0 Å². The minimum absolute atomic E-state index is 0.365. The molecule has 0 saturated carbocycles. The molecule has 0 unspecified atom stereocenters. The van der Waals surface area contributed by atoms with Crippen molar-refractivity contribution in [1.29, 1.82) is 0 Å². The molecule has 0 amide bonds. The molecule has 0 aliphatic rings. The molecule has 0 N–H and O–H groups in total. The average molecular weight is 402 g/mol. The quantitative estimate of drug-likeness (QED) is 0.135. The second-order valence-corrected chi connectivity index (χ2v) is 4.82. The molecule has 28 heavy (non-hydrogen) atoms. The van der Waals surface area contributed by atoms with E-state index >= 15 is 0 Å². The predicted molar refractivity (Wildman–Crippen MR) is 83.6 cm³/mol. The number of hydrogen-bond acceptors (Lipinski definition) is 12. The fraction of sp³-hybridized carbons (Fsp3) is 0.500. The number of ether oxygens (including phenoxy) is 6. The third-order valence-electron chi connectivity index (χ3n) is 2.48. The topological polar surface area (TPSA) is 158 Å². The van der Waals surface area contributed by atoms with Crippen LogP contribution in [-0.4, -0.2) is 75.1 Å². The third kappa shape index (κ3) is 14.3. The highest BCUT2D eigenvalue weighted by Crippen LogP contribution is 1.94. The molecule has 12 nitrogen and oxygen atoms in total. The van der Waals surface area contributed by atoms with E-state index in [-0.39, 0.29) is 13.2 Å². The van der Waals surface area contributed by atoms with Gasteiger partial charge in [-0.05, 0) is 0 Å². The molecule has 0 aromatic carbocycles. The molecule has 0 aliphatic carbocycles. The number of esters is 4. The van der Waals surface area contributed by atoms with Crippen molar-refractivity contribution in [3.8, 4) is 0 Å². The maximum Gasteiger partial charge on any atom is 0.332 e. The Hall–Kier alpha value is -2.86. The first kappa shape index (κ1) is 25.1. The zero-order valence-electron chi connectivity index (χ0n) is 14.7. The molecule has 4 radical (unpaired) electrons. The van der Waals surface area contributed by atoms with Crippen LogP contribution in [0.1, 0.15) is 12.8 Å². The van der Waals surface area contributed by atoms with Gasteiger partial charge in [-0.25, -0.2) is 9.59 Å². The molecule has 154 valence electrons. The molecule has 0 aromatic rings. The number of ketones is 2. The van der Waals surface area contributed by atoms with Gasteiger partial charge in [0.15, 0.2) is 24.8 Å². The lowest BCUT2D eigenvalue weighted by Gasteiger charge is -2.07. The van der Waals surface area contributed by atoms with Crippen LogP contribution >= 0.6 is 0 Å². The van der Waals surface area contributed by atoms with Gasteiger partial charge in [0.2, 0.25) is 0 Å². The molecule has 12 heteroatoms. The van der Waals surface area contributed by atoms with Gasteiger partial charge in [-0.15, -0.1) is 0 Å². The molecule has 0 atom stereocenters. The monoisotopic (exact) mass is 402 g/mol. The normalized spacial score (nSPS) is 9.93. The maximum atomic E-state index is 11.4. The first-order valence-corrected chi connectivity index (χ1v) is 7.57. The molecule has 0 bridgehead atoms. The first-order valence-electron chi connectivity index (χ1n) is 7.57. The van der Waals surface area contributed by atoms with Gasteiger partial charge in [-0.1, -0.05) is 0 Å². The number of Topliss-reactive ketones (excluding diaryl/α,β-unsaturated/α-hetero) is 2. The zero-order chi connectivity index (χ0) is 21.4. The number of carbonyl (C=O) groups excluding carboxylic acids is 6. The summed E-state index contributed by atoms with van der Waals surface area (Å²) in [7, 11) is 9.26. The van der Waals surface area contributed by atoms with Gasteiger partial charge in [-0.2, -0.15) is 0 Å². The van der Waals surface area contributed by atoms with E-state index in [0.29, 0.717) is 0 Å². The van der Waals surface area contributed by atoms with Crippen molar-refractivity contribution in [3.63, 3.8) is 0 Å². The predicted octanol–water partition coefficient (Wildman–Crippen LogP) is -1.55. The SMILES string of the molecule is [CH]OCC(=O)OCC(=O)CC(=O)OCCOC(=O)CC(=O)COC(=O)CO[CH]. The van der Waals surface area contributed by atoms with Crippen LogP contribution in [0, 0.1) is 14.2 Å². The molecule has 0 rings (SSSR count). The molecule has 0 aliphatic heterocycles. The van der Waals surface area contributed by atoms with Crippen LogP contribution in [0.3, 0.4) is 0 Å². The lowest BCUT2D eigenvalue weighted by Crippen LogP contribution is -2.22. The van der Waals surface area contributed by atoms with Gasteiger partial charge >= 0.3 is 23.9 Å². The molecule has 0 saturated heterocycles. The van der Waals surface area contributed by atoms with E-state index in [4.69, 9.17) is 0 Å². The van der Waals surface area contributed by atoms with Crippen LogP contribution in [0.25, 0.3) is 0 Å². The van der Waals surface area contributed by atoms with Gasteiger partial charge in [0.05, 0.1) is 0 Å². The first-order chi connectivity index (χ1) is 13.3. The second-order valence-electron chi connectivity index (χ2n) is 4.82. The van der Waals surface area contributed by atoms with Crippen molar-refractivity contribution in [3.05, 3.63) is 14.2 Å².